The molecule has 5 heteroatoms. The summed E-state index contributed by atoms with van der Waals surface area (Å²) in [6.45, 7) is 8.71. The van der Waals surface area contributed by atoms with E-state index in [0.717, 1.165) is 35.1 Å². The molecule has 4 nitrogen and oxygen atoms in total. The average molecular weight is 479 g/mol. The van der Waals surface area contributed by atoms with Crippen molar-refractivity contribution in [2.45, 2.75) is 64.9 Å². The van der Waals surface area contributed by atoms with Crippen LogP contribution in [0.25, 0.3) is 11.1 Å². The van der Waals surface area contributed by atoms with E-state index in [1.807, 2.05) is 42.5 Å². The van der Waals surface area contributed by atoms with Gasteiger partial charge in [-0.25, -0.2) is 4.39 Å². The number of aliphatic carboxylic acids is 1. The second kappa shape index (κ2) is 11.4. The molecule has 0 aliphatic rings. The quantitative estimate of drug-likeness (QED) is 0.324. The van der Waals surface area contributed by atoms with E-state index in [4.69, 9.17) is 9.47 Å². The third kappa shape index (κ3) is 6.84. The van der Waals surface area contributed by atoms with Gasteiger partial charge in [-0.05, 0) is 76.4 Å². The minimum Gasteiger partial charge on any atom is -0.497 e. The van der Waals surface area contributed by atoms with Crippen LogP contribution in [0.4, 0.5) is 4.39 Å². The molecule has 1 atom stereocenters. The van der Waals surface area contributed by atoms with Gasteiger partial charge in [-0.15, -0.1) is 0 Å². The van der Waals surface area contributed by atoms with Gasteiger partial charge in [-0.2, -0.15) is 0 Å². The summed E-state index contributed by atoms with van der Waals surface area (Å²) in [5.41, 5.74) is 4.12. The monoisotopic (exact) mass is 478 g/mol. The summed E-state index contributed by atoms with van der Waals surface area (Å²) in [4.78, 5) is 11.2. The lowest BCUT2D eigenvalue weighted by Gasteiger charge is -2.24. The van der Waals surface area contributed by atoms with E-state index in [1.165, 1.54) is 6.07 Å². The molecule has 3 aromatic rings. The van der Waals surface area contributed by atoms with Crippen LogP contribution in [-0.2, 0) is 16.8 Å². The Morgan fingerprint density at radius 2 is 1.66 bits per heavy atom. The van der Waals surface area contributed by atoms with Crippen molar-refractivity contribution in [3.63, 3.8) is 0 Å². The predicted octanol–water partition coefficient (Wildman–Crippen LogP) is 7.74. The lowest BCUT2D eigenvalue weighted by molar-refractivity contribution is -0.137. The first kappa shape index (κ1) is 26.3. The van der Waals surface area contributed by atoms with Crippen LogP contribution in [0.2, 0.25) is 0 Å². The van der Waals surface area contributed by atoms with Crippen LogP contribution >= 0.6 is 0 Å². The normalized spacial score (nSPS) is 12.3. The molecule has 3 aromatic carbocycles. The fourth-order valence-electron chi connectivity index (χ4n) is 4.34. The molecule has 0 amide bonds. The number of rotatable bonds is 10. The van der Waals surface area contributed by atoms with Crippen molar-refractivity contribution in [3.05, 3.63) is 83.2 Å². The van der Waals surface area contributed by atoms with Crippen LogP contribution in [0.15, 0.2) is 60.7 Å². The highest BCUT2D eigenvalue weighted by Crippen LogP contribution is 2.37. The summed E-state index contributed by atoms with van der Waals surface area (Å²) in [7, 11) is 1.57. The first-order valence-electron chi connectivity index (χ1n) is 12.0. The maximum Gasteiger partial charge on any atom is 0.303 e. The number of carboxylic acid groups (broad SMARTS) is 1. The van der Waals surface area contributed by atoms with E-state index < -0.39 is 5.97 Å². The number of ether oxygens (including phenoxy) is 2. The standard InChI is InChI=1S/C30H35FO4/c1-6-7-22(17-29(32)33)21-9-11-23(12-10-21)35-19-20-8-14-27(30(2,3)4)25(16-20)26-18-24(34-5)13-15-28(26)31/h8-16,18,22H,6-7,17,19H2,1-5H3,(H,32,33). The highest BCUT2D eigenvalue weighted by molar-refractivity contribution is 5.71. The molecule has 0 radical (unpaired) electrons. The van der Waals surface area contributed by atoms with Gasteiger partial charge in [0.2, 0.25) is 0 Å². The van der Waals surface area contributed by atoms with Gasteiger partial charge >= 0.3 is 5.97 Å². The van der Waals surface area contributed by atoms with Crippen LogP contribution in [0.1, 0.15) is 69.6 Å². The largest absolute Gasteiger partial charge is 0.497 e. The minimum atomic E-state index is -0.786. The highest BCUT2D eigenvalue weighted by atomic mass is 19.1. The Kier molecular flexibility index (Phi) is 8.55. The molecule has 0 spiro atoms. The van der Waals surface area contributed by atoms with E-state index in [-0.39, 0.29) is 23.6 Å². The second-order valence-electron chi connectivity index (χ2n) is 9.92. The van der Waals surface area contributed by atoms with Crippen LogP contribution in [0.5, 0.6) is 11.5 Å². The number of halogens is 1. The minimum absolute atomic E-state index is 0.00295. The fourth-order valence-corrected chi connectivity index (χ4v) is 4.34. The van der Waals surface area contributed by atoms with E-state index in [9.17, 15) is 14.3 Å². The number of carbonyl (C=O) groups is 1. The fraction of sp³-hybridized carbons (Fsp3) is 0.367. The van der Waals surface area contributed by atoms with Crippen molar-refractivity contribution in [1.29, 1.82) is 0 Å². The first-order valence-corrected chi connectivity index (χ1v) is 12.0. The third-order valence-electron chi connectivity index (χ3n) is 6.17. The van der Waals surface area contributed by atoms with Gasteiger partial charge < -0.3 is 14.6 Å². The van der Waals surface area contributed by atoms with Crippen molar-refractivity contribution in [2.75, 3.05) is 7.11 Å². The van der Waals surface area contributed by atoms with Crippen molar-refractivity contribution < 1.29 is 23.8 Å². The molecule has 0 fully saturated rings. The summed E-state index contributed by atoms with van der Waals surface area (Å²) in [5.74, 6) is 0.219. The van der Waals surface area contributed by atoms with Crippen molar-refractivity contribution in [2.24, 2.45) is 0 Å². The zero-order chi connectivity index (χ0) is 25.6. The van der Waals surface area contributed by atoms with Gasteiger partial charge in [-0.1, -0.05) is 58.4 Å². The smallest absolute Gasteiger partial charge is 0.303 e. The van der Waals surface area contributed by atoms with Crippen molar-refractivity contribution in [3.8, 4) is 22.6 Å². The topological polar surface area (TPSA) is 55.8 Å². The molecule has 0 heterocycles. The number of methoxy groups -OCH3 is 1. The van der Waals surface area contributed by atoms with Crippen molar-refractivity contribution in [1.82, 2.24) is 0 Å². The lowest BCUT2D eigenvalue weighted by Crippen LogP contribution is -2.13. The SMILES string of the molecule is CCCC(CC(=O)O)c1ccc(OCc2ccc(C(C)(C)C)c(-c3cc(OC)ccc3F)c2)cc1. The average Bonchev–Trinajstić information content (AvgIpc) is 2.82. The van der Waals surface area contributed by atoms with E-state index in [2.05, 4.69) is 27.7 Å². The molecular formula is C30H35FO4. The molecule has 0 aliphatic heterocycles. The molecule has 0 aromatic heterocycles. The Bertz CT molecular complexity index is 1150. The van der Waals surface area contributed by atoms with Crippen LogP contribution < -0.4 is 9.47 Å². The Morgan fingerprint density at radius 3 is 2.26 bits per heavy atom. The van der Waals surface area contributed by atoms with Gasteiger partial charge in [0.15, 0.2) is 0 Å². The molecule has 0 saturated carbocycles. The molecule has 0 saturated heterocycles. The Labute approximate surface area is 207 Å². The van der Waals surface area contributed by atoms with Gasteiger partial charge in [0.25, 0.3) is 0 Å². The number of hydrogen-bond acceptors (Lipinski definition) is 3. The maximum absolute atomic E-state index is 14.9. The molecule has 1 unspecified atom stereocenters. The zero-order valence-electron chi connectivity index (χ0n) is 21.2. The molecule has 0 bridgehead atoms. The van der Waals surface area contributed by atoms with Crippen molar-refractivity contribution >= 4 is 5.97 Å². The van der Waals surface area contributed by atoms with Crippen LogP contribution in [0, 0.1) is 5.82 Å². The summed E-state index contributed by atoms with van der Waals surface area (Å²) in [5, 5.41) is 9.20. The Morgan fingerprint density at radius 1 is 0.971 bits per heavy atom. The number of hydrogen-bond donors (Lipinski definition) is 1. The molecule has 1 N–H and O–H groups in total. The number of carboxylic acids is 1. The molecule has 3 rings (SSSR count). The van der Waals surface area contributed by atoms with Crippen LogP contribution in [-0.4, -0.2) is 18.2 Å². The maximum atomic E-state index is 14.9. The molecule has 186 valence electrons. The predicted molar refractivity (Wildman–Crippen MR) is 138 cm³/mol. The van der Waals surface area contributed by atoms with E-state index in [0.29, 0.717) is 23.7 Å². The van der Waals surface area contributed by atoms with Gasteiger partial charge in [0.1, 0.15) is 23.9 Å². The van der Waals surface area contributed by atoms with E-state index in [1.54, 1.807) is 19.2 Å². The molecule has 0 aliphatic carbocycles. The Balaban J connectivity index is 1.84. The van der Waals surface area contributed by atoms with Crippen LogP contribution in [0.3, 0.4) is 0 Å². The first-order chi connectivity index (χ1) is 16.6. The summed E-state index contributed by atoms with van der Waals surface area (Å²) in [6, 6.07) is 18.5. The van der Waals surface area contributed by atoms with Gasteiger partial charge in [0, 0.05) is 5.56 Å². The van der Waals surface area contributed by atoms with Gasteiger partial charge in [-0.3, -0.25) is 4.79 Å². The molecular weight excluding hydrogens is 443 g/mol. The third-order valence-corrected chi connectivity index (χ3v) is 6.17. The van der Waals surface area contributed by atoms with Gasteiger partial charge in [0.05, 0.1) is 13.5 Å². The zero-order valence-corrected chi connectivity index (χ0v) is 21.2. The summed E-state index contributed by atoms with van der Waals surface area (Å²) >= 11 is 0. The molecule has 35 heavy (non-hydrogen) atoms. The number of benzene rings is 3. The lowest BCUT2D eigenvalue weighted by atomic mass is 9.81. The second-order valence-corrected chi connectivity index (χ2v) is 9.92. The highest BCUT2D eigenvalue weighted by Gasteiger charge is 2.21. The van der Waals surface area contributed by atoms with E-state index >= 15 is 0 Å². The summed E-state index contributed by atoms with van der Waals surface area (Å²) < 4.78 is 26.2. The Hall–Kier alpha value is -3.34. The summed E-state index contributed by atoms with van der Waals surface area (Å²) in [6.07, 6.45) is 1.88.